The first-order valence-electron chi connectivity index (χ1n) is 17.0. The lowest BCUT2D eigenvalue weighted by Gasteiger charge is -2.21. The van der Waals surface area contributed by atoms with E-state index in [0.29, 0.717) is 17.5 Å². The second kappa shape index (κ2) is 10.8. The van der Waals surface area contributed by atoms with Crippen LogP contribution in [0.5, 0.6) is 0 Å². The van der Waals surface area contributed by atoms with E-state index in [0.717, 1.165) is 60.5 Å². The van der Waals surface area contributed by atoms with Crippen LogP contribution in [0, 0.1) is 0 Å². The molecule has 2 heterocycles. The molecule has 4 nitrogen and oxygen atoms in total. The molecule has 7 aromatic carbocycles. The van der Waals surface area contributed by atoms with Gasteiger partial charge in [-0.15, -0.1) is 0 Å². The summed E-state index contributed by atoms with van der Waals surface area (Å²) in [6.45, 7) is 4.60. The van der Waals surface area contributed by atoms with Gasteiger partial charge in [0.2, 0.25) is 0 Å². The quantitative estimate of drug-likeness (QED) is 0.192. The molecule has 0 N–H and O–H groups in total. The Balaban J connectivity index is 1.26. The SMILES string of the molecule is CC1(C)c2ccccc2-c2ccc(-c3nc(-c4ccccc4)nc(-c4cc5cccc(-c6ccccc6)c5c5oc6ccccc6c45)n3)cc21. The average Bonchev–Trinajstić information content (AvgIpc) is 3.67. The van der Waals surface area contributed by atoms with Crippen LogP contribution in [-0.4, -0.2) is 15.0 Å². The second-order valence-corrected chi connectivity index (χ2v) is 13.6. The highest BCUT2D eigenvalue weighted by atomic mass is 16.3. The van der Waals surface area contributed by atoms with Gasteiger partial charge in [0.15, 0.2) is 17.5 Å². The fourth-order valence-corrected chi connectivity index (χ4v) is 7.88. The summed E-state index contributed by atoms with van der Waals surface area (Å²) in [5.41, 5.74) is 11.8. The molecule has 50 heavy (non-hydrogen) atoms. The third kappa shape index (κ3) is 4.28. The fourth-order valence-electron chi connectivity index (χ4n) is 7.88. The highest BCUT2D eigenvalue weighted by Crippen LogP contribution is 2.50. The van der Waals surface area contributed by atoms with Gasteiger partial charge in [0.25, 0.3) is 0 Å². The van der Waals surface area contributed by atoms with Crippen molar-refractivity contribution in [2.24, 2.45) is 0 Å². The van der Waals surface area contributed by atoms with E-state index in [1.165, 1.54) is 22.3 Å². The van der Waals surface area contributed by atoms with E-state index < -0.39 is 0 Å². The summed E-state index contributed by atoms with van der Waals surface area (Å²) in [4.78, 5) is 15.6. The van der Waals surface area contributed by atoms with Gasteiger partial charge in [-0.05, 0) is 57.0 Å². The van der Waals surface area contributed by atoms with Crippen LogP contribution in [-0.2, 0) is 5.41 Å². The minimum Gasteiger partial charge on any atom is -0.455 e. The number of benzene rings is 7. The maximum absolute atomic E-state index is 6.75. The normalized spacial score (nSPS) is 13.2. The zero-order valence-corrected chi connectivity index (χ0v) is 27.7. The number of nitrogens with zero attached hydrogens (tertiary/aromatic N) is 3. The summed E-state index contributed by atoms with van der Waals surface area (Å²) >= 11 is 0. The summed E-state index contributed by atoms with van der Waals surface area (Å²) in [5, 5.41) is 4.17. The molecule has 9 aromatic rings. The van der Waals surface area contributed by atoms with Gasteiger partial charge in [-0.2, -0.15) is 0 Å². The maximum Gasteiger partial charge on any atom is 0.164 e. The average molecular weight is 642 g/mol. The zero-order chi connectivity index (χ0) is 33.4. The predicted octanol–water partition coefficient (Wildman–Crippen LogP) is 11.9. The van der Waals surface area contributed by atoms with Crippen LogP contribution in [0.15, 0.2) is 156 Å². The van der Waals surface area contributed by atoms with Crippen molar-refractivity contribution >= 4 is 32.7 Å². The van der Waals surface area contributed by atoms with Crippen molar-refractivity contribution in [2.45, 2.75) is 19.3 Å². The first-order valence-corrected chi connectivity index (χ1v) is 17.0. The van der Waals surface area contributed by atoms with Crippen molar-refractivity contribution < 1.29 is 4.42 Å². The fraction of sp³-hybridized carbons (Fsp3) is 0.0652. The molecular formula is C46H31N3O. The third-order valence-corrected chi connectivity index (χ3v) is 10.3. The summed E-state index contributed by atoms with van der Waals surface area (Å²) < 4.78 is 6.75. The van der Waals surface area contributed by atoms with Crippen molar-refractivity contribution in [1.82, 2.24) is 15.0 Å². The van der Waals surface area contributed by atoms with E-state index in [9.17, 15) is 0 Å². The van der Waals surface area contributed by atoms with Crippen LogP contribution in [0.25, 0.3) is 89.1 Å². The van der Waals surface area contributed by atoms with Crippen LogP contribution in [0.3, 0.4) is 0 Å². The van der Waals surface area contributed by atoms with E-state index in [4.69, 9.17) is 19.4 Å². The van der Waals surface area contributed by atoms with Gasteiger partial charge in [0.05, 0.1) is 0 Å². The highest BCUT2D eigenvalue weighted by Gasteiger charge is 2.35. The summed E-state index contributed by atoms with van der Waals surface area (Å²) in [5.74, 6) is 1.88. The minimum atomic E-state index is -0.142. The smallest absolute Gasteiger partial charge is 0.164 e. The molecule has 0 saturated heterocycles. The number of aromatic nitrogens is 3. The van der Waals surface area contributed by atoms with Gasteiger partial charge >= 0.3 is 0 Å². The molecule has 236 valence electrons. The van der Waals surface area contributed by atoms with Crippen molar-refractivity contribution in [3.05, 3.63) is 163 Å². The lowest BCUT2D eigenvalue weighted by Crippen LogP contribution is -2.15. The molecule has 0 fully saturated rings. The van der Waals surface area contributed by atoms with Crippen LogP contribution in [0.4, 0.5) is 0 Å². The molecule has 0 atom stereocenters. The number of hydrogen-bond donors (Lipinski definition) is 0. The predicted molar refractivity (Wildman–Crippen MR) is 204 cm³/mol. The largest absolute Gasteiger partial charge is 0.455 e. The Hall–Kier alpha value is -6.39. The molecule has 4 heteroatoms. The van der Waals surface area contributed by atoms with E-state index in [-0.39, 0.29) is 5.41 Å². The Morgan fingerprint density at radius 2 is 1.08 bits per heavy atom. The first-order chi connectivity index (χ1) is 24.5. The van der Waals surface area contributed by atoms with Gasteiger partial charge in [-0.1, -0.05) is 147 Å². The highest BCUT2D eigenvalue weighted by molar-refractivity contribution is 6.23. The summed E-state index contributed by atoms with van der Waals surface area (Å²) in [7, 11) is 0. The Bertz CT molecular complexity index is 2780. The summed E-state index contributed by atoms with van der Waals surface area (Å²) in [6, 6.07) is 53.0. The van der Waals surface area contributed by atoms with E-state index in [1.807, 2.05) is 36.4 Å². The third-order valence-electron chi connectivity index (χ3n) is 10.3. The van der Waals surface area contributed by atoms with Gasteiger partial charge in [-0.25, -0.2) is 15.0 Å². The maximum atomic E-state index is 6.75. The van der Waals surface area contributed by atoms with Gasteiger partial charge in [0.1, 0.15) is 11.2 Å². The Morgan fingerprint density at radius 1 is 0.440 bits per heavy atom. The molecule has 1 aliphatic carbocycles. The molecule has 1 aliphatic rings. The number of fused-ring (bicyclic) bond motifs is 8. The van der Waals surface area contributed by atoms with E-state index >= 15 is 0 Å². The van der Waals surface area contributed by atoms with Crippen molar-refractivity contribution in [3.63, 3.8) is 0 Å². The zero-order valence-electron chi connectivity index (χ0n) is 27.7. The number of rotatable bonds is 4. The van der Waals surface area contributed by atoms with Crippen molar-refractivity contribution in [3.8, 4) is 56.4 Å². The first kappa shape index (κ1) is 28.6. The standard InChI is InChI=1S/C46H31N3O/c1-46(2)37-22-11-9-19-33(37)34-25-24-31(27-38(34)46)44-47-43(29-16-7-4-8-17-29)48-45(49-44)36-26-30-18-13-21-32(28-14-5-3-6-15-28)40(30)42-41(36)35-20-10-12-23-39(35)50-42/h3-27H,1-2H3. The van der Waals surface area contributed by atoms with Crippen molar-refractivity contribution in [1.29, 1.82) is 0 Å². The molecule has 2 aromatic heterocycles. The summed E-state index contributed by atoms with van der Waals surface area (Å²) in [6.07, 6.45) is 0. The van der Waals surface area contributed by atoms with Gasteiger partial charge in [0, 0.05) is 38.3 Å². The Kier molecular flexibility index (Phi) is 6.19. The molecule has 0 saturated carbocycles. The molecule has 0 unspecified atom stereocenters. The monoisotopic (exact) mass is 641 g/mol. The topological polar surface area (TPSA) is 51.8 Å². The number of furan rings is 1. The van der Waals surface area contributed by atoms with Crippen LogP contribution in [0.2, 0.25) is 0 Å². The van der Waals surface area contributed by atoms with Crippen LogP contribution in [0.1, 0.15) is 25.0 Å². The second-order valence-electron chi connectivity index (χ2n) is 13.6. The lowest BCUT2D eigenvalue weighted by atomic mass is 9.82. The molecule has 0 amide bonds. The number of para-hydroxylation sites is 1. The van der Waals surface area contributed by atoms with E-state index in [2.05, 4.69) is 129 Å². The van der Waals surface area contributed by atoms with Gasteiger partial charge < -0.3 is 4.42 Å². The minimum absolute atomic E-state index is 0.142. The van der Waals surface area contributed by atoms with E-state index in [1.54, 1.807) is 0 Å². The lowest BCUT2D eigenvalue weighted by molar-refractivity contribution is 0.660. The Labute approximate surface area is 289 Å². The van der Waals surface area contributed by atoms with Crippen LogP contribution >= 0.6 is 0 Å². The Morgan fingerprint density at radius 3 is 1.90 bits per heavy atom. The molecule has 0 bridgehead atoms. The molecule has 0 aliphatic heterocycles. The molecule has 0 spiro atoms. The molecule has 0 radical (unpaired) electrons. The number of hydrogen-bond acceptors (Lipinski definition) is 4. The van der Waals surface area contributed by atoms with Gasteiger partial charge in [-0.3, -0.25) is 0 Å². The van der Waals surface area contributed by atoms with Crippen molar-refractivity contribution in [2.75, 3.05) is 0 Å². The van der Waals surface area contributed by atoms with Crippen LogP contribution < -0.4 is 0 Å². The molecule has 10 rings (SSSR count). The molecular weight excluding hydrogens is 611 g/mol.